The van der Waals surface area contributed by atoms with Gasteiger partial charge < -0.3 is 10.4 Å². The second kappa shape index (κ2) is 7.51. The van der Waals surface area contributed by atoms with Crippen molar-refractivity contribution in [2.75, 3.05) is 0 Å². The molecular weight excluding hydrogens is 311 g/mol. The van der Waals surface area contributed by atoms with Gasteiger partial charge in [-0.05, 0) is 38.5 Å². The first kappa shape index (κ1) is 18.0. The lowest BCUT2D eigenvalue weighted by Crippen LogP contribution is -2.34. The third kappa shape index (κ3) is 4.37. The molecule has 0 saturated heterocycles. The van der Waals surface area contributed by atoms with Crippen LogP contribution < -0.4 is 5.32 Å². The molecule has 0 fully saturated rings. The fraction of sp³-hybridized carbons (Fsp3) is 0.500. The van der Waals surface area contributed by atoms with E-state index in [4.69, 9.17) is 0 Å². The predicted octanol–water partition coefficient (Wildman–Crippen LogP) is 4.49. The van der Waals surface area contributed by atoms with Crippen molar-refractivity contribution in [2.45, 2.75) is 58.7 Å². The topological polar surface area (TPSA) is 45.2 Å². The smallest absolute Gasteiger partial charge is 0.123 e. The van der Waals surface area contributed by atoms with Gasteiger partial charge in [0.1, 0.15) is 5.82 Å². The van der Waals surface area contributed by atoms with E-state index in [9.17, 15) is 9.50 Å². The van der Waals surface area contributed by atoms with E-state index in [1.165, 1.54) is 17.0 Å². The van der Waals surface area contributed by atoms with Crippen LogP contribution in [0.4, 0.5) is 4.39 Å². The van der Waals surface area contributed by atoms with Gasteiger partial charge in [-0.1, -0.05) is 26.0 Å². The van der Waals surface area contributed by atoms with Crippen molar-refractivity contribution in [3.8, 4) is 0 Å². The molecule has 126 valence electrons. The van der Waals surface area contributed by atoms with Gasteiger partial charge in [-0.15, -0.1) is 11.3 Å². The number of hydrogen-bond donors (Lipinski definition) is 2. The highest BCUT2D eigenvalue weighted by Gasteiger charge is 2.22. The van der Waals surface area contributed by atoms with Crippen molar-refractivity contribution in [1.82, 2.24) is 10.3 Å². The Morgan fingerprint density at radius 3 is 2.26 bits per heavy atom. The van der Waals surface area contributed by atoms with Crippen molar-refractivity contribution in [3.63, 3.8) is 0 Å². The highest BCUT2D eigenvalue weighted by atomic mass is 32.1. The van der Waals surface area contributed by atoms with Crippen molar-refractivity contribution in [3.05, 3.63) is 51.2 Å². The summed E-state index contributed by atoms with van der Waals surface area (Å²) in [4.78, 5) is 5.83. The second-order valence-electron chi connectivity index (χ2n) is 6.33. The van der Waals surface area contributed by atoms with Gasteiger partial charge in [0, 0.05) is 22.9 Å². The summed E-state index contributed by atoms with van der Waals surface area (Å²) >= 11 is 1.72. The molecule has 0 radical (unpaired) electrons. The van der Waals surface area contributed by atoms with Crippen LogP contribution in [0.15, 0.2) is 24.3 Å². The maximum absolute atomic E-state index is 13.0. The molecule has 3 nitrogen and oxygen atoms in total. The summed E-state index contributed by atoms with van der Waals surface area (Å²) in [7, 11) is 0. The number of aryl methyl sites for hydroxylation is 1. The molecule has 1 aromatic carbocycles. The number of nitrogens with one attached hydrogen (secondary N) is 1. The molecule has 0 amide bonds. The number of halogens is 1. The molecular formula is C18H25FN2OS. The molecule has 2 N–H and O–H groups in total. The number of hydrogen-bond acceptors (Lipinski definition) is 4. The molecule has 23 heavy (non-hydrogen) atoms. The Balaban J connectivity index is 2.06. The average Bonchev–Trinajstić information content (AvgIpc) is 2.89. The van der Waals surface area contributed by atoms with E-state index in [-0.39, 0.29) is 17.9 Å². The zero-order chi connectivity index (χ0) is 17.1. The Morgan fingerprint density at radius 1 is 1.13 bits per heavy atom. The zero-order valence-electron chi connectivity index (χ0n) is 14.3. The molecule has 0 aliphatic heterocycles. The van der Waals surface area contributed by atoms with E-state index in [1.54, 1.807) is 23.5 Å². The molecule has 1 aromatic heterocycles. The SMILES string of the molecule is Cc1nc(C(C)C)sc1C(C)NC(C)C(O)c1ccc(F)cc1. The Morgan fingerprint density at radius 2 is 1.74 bits per heavy atom. The minimum atomic E-state index is -0.684. The molecule has 3 atom stereocenters. The van der Waals surface area contributed by atoms with Gasteiger partial charge in [0.05, 0.1) is 16.8 Å². The first-order valence-corrected chi connectivity index (χ1v) is 8.78. The van der Waals surface area contributed by atoms with Gasteiger partial charge in [0.15, 0.2) is 0 Å². The van der Waals surface area contributed by atoms with Crippen LogP contribution in [0.1, 0.15) is 66.9 Å². The molecule has 2 aromatic rings. The maximum atomic E-state index is 13.0. The summed E-state index contributed by atoms with van der Waals surface area (Å²) in [6, 6.07) is 5.94. The first-order chi connectivity index (χ1) is 10.8. The normalized spacial score (nSPS) is 15.7. The summed E-state index contributed by atoms with van der Waals surface area (Å²) in [5, 5.41) is 15.0. The van der Waals surface area contributed by atoms with Crippen LogP contribution in [0.2, 0.25) is 0 Å². The van der Waals surface area contributed by atoms with Crippen molar-refractivity contribution in [2.24, 2.45) is 0 Å². The molecule has 1 heterocycles. The van der Waals surface area contributed by atoms with Crippen molar-refractivity contribution in [1.29, 1.82) is 0 Å². The minimum Gasteiger partial charge on any atom is -0.387 e. The Hall–Kier alpha value is -1.30. The van der Waals surface area contributed by atoms with Gasteiger partial charge in [-0.2, -0.15) is 0 Å². The average molecular weight is 336 g/mol. The lowest BCUT2D eigenvalue weighted by atomic mass is 10.0. The standard InChI is InChI=1S/C18H25FN2OS/c1-10(2)18-21-13(5)17(23-18)12(4)20-11(3)16(22)14-6-8-15(19)9-7-14/h6-12,16,20,22H,1-5H3. The summed E-state index contributed by atoms with van der Waals surface area (Å²) < 4.78 is 13.0. The number of benzene rings is 1. The number of rotatable bonds is 6. The zero-order valence-corrected chi connectivity index (χ0v) is 15.1. The van der Waals surface area contributed by atoms with Crippen LogP contribution in [0.5, 0.6) is 0 Å². The molecule has 0 aliphatic carbocycles. The molecule has 2 rings (SSSR count). The van der Waals surface area contributed by atoms with E-state index in [0.29, 0.717) is 11.5 Å². The Kier molecular flexibility index (Phi) is 5.89. The van der Waals surface area contributed by atoms with E-state index >= 15 is 0 Å². The summed E-state index contributed by atoms with van der Waals surface area (Å²) in [6.07, 6.45) is -0.684. The van der Waals surface area contributed by atoms with Gasteiger partial charge in [-0.25, -0.2) is 9.37 Å². The second-order valence-corrected chi connectivity index (χ2v) is 7.39. The third-order valence-corrected chi connectivity index (χ3v) is 5.57. The third-order valence-electron chi connectivity index (χ3n) is 3.93. The highest BCUT2D eigenvalue weighted by Crippen LogP contribution is 2.30. The van der Waals surface area contributed by atoms with Crippen LogP contribution in [-0.2, 0) is 0 Å². The van der Waals surface area contributed by atoms with E-state index in [0.717, 1.165) is 10.7 Å². The quantitative estimate of drug-likeness (QED) is 0.817. The van der Waals surface area contributed by atoms with Crippen LogP contribution in [-0.4, -0.2) is 16.1 Å². The first-order valence-electron chi connectivity index (χ1n) is 7.96. The number of aliphatic hydroxyl groups excluding tert-OH is 1. The van der Waals surface area contributed by atoms with Crippen LogP contribution in [0.3, 0.4) is 0 Å². The fourth-order valence-corrected chi connectivity index (χ4v) is 3.67. The summed E-state index contributed by atoms with van der Waals surface area (Å²) in [5.74, 6) is 0.123. The van der Waals surface area contributed by atoms with Gasteiger partial charge in [0.2, 0.25) is 0 Å². The maximum Gasteiger partial charge on any atom is 0.123 e. The van der Waals surface area contributed by atoms with E-state index in [2.05, 4.69) is 31.1 Å². The summed E-state index contributed by atoms with van der Waals surface area (Å²) in [5.41, 5.74) is 1.75. The molecule has 0 saturated carbocycles. The lowest BCUT2D eigenvalue weighted by Gasteiger charge is -2.24. The Bertz CT molecular complexity index is 639. The number of aliphatic hydroxyl groups is 1. The van der Waals surface area contributed by atoms with Crippen LogP contribution in [0, 0.1) is 12.7 Å². The lowest BCUT2D eigenvalue weighted by molar-refractivity contribution is 0.130. The largest absolute Gasteiger partial charge is 0.387 e. The van der Waals surface area contributed by atoms with Gasteiger partial charge >= 0.3 is 0 Å². The number of thiazole rings is 1. The molecule has 0 aliphatic rings. The van der Waals surface area contributed by atoms with E-state index in [1.807, 2.05) is 13.8 Å². The minimum absolute atomic E-state index is 0.102. The highest BCUT2D eigenvalue weighted by molar-refractivity contribution is 7.11. The number of nitrogens with zero attached hydrogens (tertiary/aromatic N) is 1. The predicted molar refractivity (Wildman–Crippen MR) is 93.3 cm³/mol. The molecule has 5 heteroatoms. The van der Waals surface area contributed by atoms with Gasteiger partial charge in [-0.3, -0.25) is 0 Å². The van der Waals surface area contributed by atoms with Gasteiger partial charge in [0.25, 0.3) is 0 Å². The fourth-order valence-electron chi connectivity index (χ4n) is 2.59. The van der Waals surface area contributed by atoms with Crippen LogP contribution >= 0.6 is 11.3 Å². The van der Waals surface area contributed by atoms with Crippen molar-refractivity contribution >= 4 is 11.3 Å². The molecule has 0 spiro atoms. The number of aromatic nitrogens is 1. The molecule has 0 bridgehead atoms. The Labute approximate surface area is 141 Å². The van der Waals surface area contributed by atoms with E-state index < -0.39 is 6.10 Å². The molecule has 3 unspecified atom stereocenters. The monoisotopic (exact) mass is 336 g/mol. The van der Waals surface area contributed by atoms with Crippen LogP contribution in [0.25, 0.3) is 0 Å². The van der Waals surface area contributed by atoms with Crippen molar-refractivity contribution < 1.29 is 9.50 Å². The summed E-state index contributed by atoms with van der Waals surface area (Å²) in [6.45, 7) is 10.3.